The van der Waals surface area contributed by atoms with Crippen LogP contribution >= 0.6 is 0 Å². The zero-order chi connectivity index (χ0) is 25.4. The van der Waals surface area contributed by atoms with Gasteiger partial charge in [-0.05, 0) is 51.2 Å². The molecule has 0 spiro atoms. The number of likely N-dealkylation sites (tertiary alicyclic amines) is 1. The normalized spacial score (nSPS) is 19.9. The number of nitrogens with one attached hydrogen (secondary N) is 2. The first-order valence-electron chi connectivity index (χ1n) is 12.3. The monoisotopic (exact) mass is 495 g/mol. The van der Waals surface area contributed by atoms with Gasteiger partial charge in [0.15, 0.2) is 0 Å². The number of amides is 2. The molecule has 0 radical (unpaired) electrons. The highest BCUT2D eigenvalue weighted by atomic mass is 19.1. The van der Waals surface area contributed by atoms with Crippen molar-refractivity contribution < 1.29 is 23.8 Å². The summed E-state index contributed by atoms with van der Waals surface area (Å²) in [5.41, 5.74) is 4.51. The molecule has 3 heterocycles. The Bertz CT molecular complexity index is 1300. The first-order valence-corrected chi connectivity index (χ1v) is 12.3. The van der Waals surface area contributed by atoms with Crippen molar-refractivity contribution in [3.05, 3.63) is 41.3 Å². The zero-order valence-electron chi connectivity index (χ0n) is 20.4. The fourth-order valence-electron chi connectivity index (χ4n) is 4.68. The van der Waals surface area contributed by atoms with Crippen molar-refractivity contribution in [2.24, 2.45) is 5.92 Å². The van der Waals surface area contributed by atoms with Crippen molar-refractivity contribution in [1.29, 1.82) is 0 Å². The number of aliphatic hydroxyl groups is 1. The summed E-state index contributed by atoms with van der Waals surface area (Å²) in [7, 11) is 0. The molecule has 3 N–H and O–H groups in total. The number of rotatable bonds is 7. The molecule has 2 amide bonds. The number of fused-ring (bicyclic) bond motifs is 1. The van der Waals surface area contributed by atoms with Crippen LogP contribution in [0.2, 0.25) is 0 Å². The lowest BCUT2D eigenvalue weighted by Crippen LogP contribution is -2.54. The maximum Gasteiger partial charge on any atom is 0.255 e. The minimum Gasteiger partial charge on any atom is -0.493 e. The third kappa shape index (κ3) is 4.77. The summed E-state index contributed by atoms with van der Waals surface area (Å²) in [4.78, 5) is 38.4. The Hall–Kier alpha value is -3.53. The smallest absolute Gasteiger partial charge is 0.255 e. The third-order valence-electron chi connectivity index (χ3n) is 6.91. The van der Waals surface area contributed by atoms with Crippen molar-refractivity contribution in [2.75, 3.05) is 26.3 Å². The van der Waals surface area contributed by atoms with Gasteiger partial charge >= 0.3 is 0 Å². The molecule has 1 aliphatic carbocycles. The van der Waals surface area contributed by atoms with Gasteiger partial charge in [0, 0.05) is 17.8 Å². The number of ether oxygens (including phenoxy) is 1. The number of alkyl halides is 1. The number of hydrogen-bond acceptors (Lipinski definition) is 6. The Labute approximate surface area is 208 Å². The minimum absolute atomic E-state index is 0.166. The Kier molecular flexibility index (Phi) is 6.61. The first-order chi connectivity index (χ1) is 17.4. The van der Waals surface area contributed by atoms with Gasteiger partial charge < -0.3 is 25.0 Å². The number of piperidine rings is 1. The molecule has 9 nitrogen and oxygen atoms in total. The Morgan fingerprint density at radius 3 is 2.78 bits per heavy atom. The van der Waals surface area contributed by atoms with E-state index < -0.39 is 30.6 Å². The van der Waals surface area contributed by atoms with Crippen LogP contribution in [0.15, 0.2) is 24.5 Å². The van der Waals surface area contributed by atoms with Crippen LogP contribution in [0, 0.1) is 19.8 Å². The van der Waals surface area contributed by atoms with Gasteiger partial charge in [-0.2, -0.15) is 0 Å². The van der Waals surface area contributed by atoms with E-state index in [1.807, 2.05) is 25.1 Å². The topological polar surface area (TPSA) is 120 Å². The number of aromatic nitrogens is 3. The highest BCUT2D eigenvalue weighted by Gasteiger charge is 2.33. The molecule has 1 aromatic carbocycles. The van der Waals surface area contributed by atoms with Gasteiger partial charge in [-0.3, -0.25) is 9.59 Å². The van der Waals surface area contributed by atoms with Crippen molar-refractivity contribution in [2.45, 2.75) is 45.3 Å². The van der Waals surface area contributed by atoms with Crippen LogP contribution in [-0.4, -0.2) is 75.3 Å². The summed E-state index contributed by atoms with van der Waals surface area (Å²) in [5, 5.41) is 11.8. The molecule has 2 aromatic heterocycles. The number of H-pyrrole nitrogens is 1. The van der Waals surface area contributed by atoms with Crippen molar-refractivity contribution in [1.82, 2.24) is 25.2 Å². The molecular weight excluding hydrogens is 465 g/mol. The van der Waals surface area contributed by atoms with Gasteiger partial charge in [0.25, 0.3) is 5.91 Å². The number of aromatic amines is 1. The summed E-state index contributed by atoms with van der Waals surface area (Å²) in [6, 6.07) is 5.20. The van der Waals surface area contributed by atoms with E-state index in [-0.39, 0.29) is 19.5 Å². The summed E-state index contributed by atoms with van der Waals surface area (Å²) >= 11 is 0. The Balaban J connectivity index is 1.42. The number of hydrogen-bond donors (Lipinski definition) is 3. The first kappa shape index (κ1) is 24.2. The fourth-order valence-corrected chi connectivity index (χ4v) is 4.68. The molecule has 1 saturated carbocycles. The molecule has 36 heavy (non-hydrogen) atoms. The number of carbonyl (C=O) groups is 2. The minimum atomic E-state index is -1.44. The standard InChI is InChI=1S/C26H30FN5O4/c1-14-3-6-20(36-12-16-4-5-16)17(9-14)23-25-24(29-13-28-23)22(15(2)30-25)26(35)31-19-7-8-32(10-18(19)27)21(34)11-33/h3,6,9,13,16,18-19,30,33H,4-5,7-8,10-12H2,1-2H3,(H,31,35)/t18-,19-/m0/s1. The largest absolute Gasteiger partial charge is 0.493 e. The third-order valence-corrected chi connectivity index (χ3v) is 6.91. The van der Waals surface area contributed by atoms with Crippen molar-refractivity contribution >= 4 is 22.8 Å². The Morgan fingerprint density at radius 2 is 2.06 bits per heavy atom. The fraction of sp³-hybridized carbons (Fsp3) is 0.462. The van der Waals surface area contributed by atoms with Crippen molar-refractivity contribution in [3.8, 4) is 17.0 Å². The quantitative estimate of drug-likeness (QED) is 0.464. The molecular formula is C26H30FN5O4. The molecule has 2 atom stereocenters. The molecule has 3 aromatic rings. The average Bonchev–Trinajstić information content (AvgIpc) is 3.63. The second-order valence-corrected chi connectivity index (χ2v) is 9.71. The van der Waals surface area contributed by atoms with Crippen molar-refractivity contribution in [3.63, 3.8) is 0 Å². The zero-order valence-corrected chi connectivity index (χ0v) is 20.4. The lowest BCUT2D eigenvalue weighted by molar-refractivity contribution is -0.136. The van der Waals surface area contributed by atoms with E-state index in [0.717, 1.165) is 16.9 Å². The van der Waals surface area contributed by atoms with E-state index in [2.05, 4.69) is 20.3 Å². The molecule has 0 bridgehead atoms. The number of aryl methyl sites for hydroxylation is 2. The lowest BCUT2D eigenvalue weighted by Gasteiger charge is -2.34. The summed E-state index contributed by atoms with van der Waals surface area (Å²) in [6.45, 7) is 3.87. The van der Waals surface area contributed by atoms with Crippen LogP contribution in [0.5, 0.6) is 5.75 Å². The summed E-state index contributed by atoms with van der Waals surface area (Å²) < 4.78 is 20.9. The second-order valence-electron chi connectivity index (χ2n) is 9.71. The van der Waals surface area contributed by atoms with Gasteiger partial charge in [0.2, 0.25) is 5.91 Å². The van der Waals surface area contributed by atoms with Crippen LogP contribution in [0.25, 0.3) is 22.3 Å². The molecule has 2 aliphatic rings. The molecule has 5 rings (SSSR count). The number of nitrogens with zero attached hydrogens (tertiary/aromatic N) is 3. The predicted octanol–water partition coefficient (Wildman–Crippen LogP) is 2.69. The van der Waals surface area contributed by atoms with E-state index in [9.17, 15) is 14.0 Å². The van der Waals surface area contributed by atoms with E-state index in [1.165, 1.54) is 24.1 Å². The lowest BCUT2D eigenvalue weighted by atomic mass is 10.0. The molecule has 190 valence electrons. The van der Waals surface area contributed by atoms with Gasteiger partial charge in [-0.25, -0.2) is 14.4 Å². The number of aliphatic hydroxyl groups excluding tert-OH is 1. The van der Waals surface area contributed by atoms with Crippen LogP contribution in [0.1, 0.15) is 40.9 Å². The highest BCUT2D eigenvalue weighted by Crippen LogP contribution is 2.37. The van der Waals surface area contributed by atoms with Crippen LogP contribution in [0.4, 0.5) is 4.39 Å². The molecule has 10 heteroatoms. The maximum atomic E-state index is 14.8. The van der Waals surface area contributed by atoms with E-state index >= 15 is 0 Å². The summed E-state index contributed by atoms with van der Waals surface area (Å²) in [5.74, 6) is 0.374. The van der Waals surface area contributed by atoms with Crippen LogP contribution in [0.3, 0.4) is 0 Å². The molecule has 2 fully saturated rings. The summed E-state index contributed by atoms with van der Waals surface area (Å²) in [6.07, 6.45) is 2.61. The van der Waals surface area contributed by atoms with Crippen LogP contribution in [-0.2, 0) is 4.79 Å². The van der Waals surface area contributed by atoms with Gasteiger partial charge in [0.05, 0.1) is 30.3 Å². The van der Waals surface area contributed by atoms with Crippen LogP contribution < -0.4 is 10.1 Å². The van der Waals surface area contributed by atoms with E-state index in [4.69, 9.17) is 9.84 Å². The van der Waals surface area contributed by atoms with Gasteiger partial charge in [-0.15, -0.1) is 0 Å². The number of halogens is 1. The number of carbonyl (C=O) groups excluding carboxylic acids is 2. The van der Waals surface area contributed by atoms with E-state index in [0.29, 0.717) is 40.5 Å². The molecule has 1 aliphatic heterocycles. The number of benzene rings is 1. The molecule has 0 unspecified atom stereocenters. The predicted molar refractivity (Wildman–Crippen MR) is 131 cm³/mol. The molecule has 1 saturated heterocycles. The highest BCUT2D eigenvalue weighted by molar-refractivity contribution is 6.09. The van der Waals surface area contributed by atoms with E-state index in [1.54, 1.807) is 6.92 Å². The van der Waals surface area contributed by atoms with Gasteiger partial charge in [0.1, 0.15) is 36.1 Å². The Morgan fingerprint density at radius 1 is 1.25 bits per heavy atom. The average molecular weight is 496 g/mol. The van der Waals surface area contributed by atoms with Gasteiger partial charge in [-0.1, -0.05) is 11.6 Å². The SMILES string of the molecule is Cc1ccc(OCC2CC2)c(-c2ncnc3c(C(=O)N[C@H]4CCN(C(=O)CO)C[C@@H]4F)c(C)[nH]c23)c1. The second kappa shape index (κ2) is 9.85. The maximum absolute atomic E-state index is 14.8.